The van der Waals surface area contributed by atoms with Crippen LogP contribution in [0, 0.1) is 0 Å². The van der Waals surface area contributed by atoms with E-state index in [-0.39, 0.29) is 24.8 Å². The molecule has 0 saturated heterocycles. The summed E-state index contributed by atoms with van der Waals surface area (Å²) < 4.78 is 4.67. The van der Waals surface area contributed by atoms with Crippen molar-refractivity contribution in [3.05, 3.63) is 11.6 Å². The first-order chi connectivity index (χ1) is 6.09. The summed E-state index contributed by atoms with van der Waals surface area (Å²) in [7, 11) is 0. The van der Waals surface area contributed by atoms with E-state index in [1.54, 1.807) is 0 Å². The van der Waals surface area contributed by atoms with E-state index < -0.39 is 6.10 Å². The molecule has 4 heteroatoms. The van der Waals surface area contributed by atoms with Gasteiger partial charge >= 0.3 is 5.97 Å². The third-order valence-electron chi connectivity index (χ3n) is 1.82. The topological polar surface area (TPSA) is 63.6 Å². The van der Waals surface area contributed by atoms with Crippen LogP contribution in [0.5, 0.6) is 0 Å². The molecule has 1 aliphatic rings. The summed E-state index contributed by atoms with van der Waals surface area (Å²) in [6.07, 6.45) is 1.43. The van der Waals surface area contributed by atoms with Gasteiger partial charge in [-0.15, -0.1) is 0 Å². The number of carbonyl (C=O) groups is 2. The van der Waals surface area contributed by atoms with Gasteiger partial charge in [-0.2, -0.15) is 0 Å². The molecule has 0 aromatic heterocycles. The van der Waals surface area contributed by atoms with Gasteiger partial charge in [0.1, 0.15) is 0 Å². The monoisotopic (exact) mass is 184 g/mol. The van der Waals surface area contributed by atoms with Crippen LogP contribution in [0.3, 0.4) is 0 Å². The van der Waals surface area contributed by atoms with E-state index in [0.29, 0.717) is 12.0 Å². The molecule has 0 aromatic rings. The van der Waals surface area contributed by atoms with E-state index in [1.807, 2.05) is 0 Å². The second kappa shape index (κ2) is 4.18. The van der Waals surface area contributed by atoms with Crippen molar-refractivity contribution in [3.63, 3.8) is 0 Å². The van der Waals surface area contributed by atoms with Crippen molar-refractivity contribution in [2.45, 2.75) is 25.9 Å². The Balaban J connectivity index is 2.33. The van der Waals surface area contributed by atoms with E-state index >= 15 is 0 Å². The van der Waals surface area contributed by atoms with Crippen molar-refractivity contribution in [1.29, 1.82) is 0 Å². The van der Waals surface area contributed by atoms with Crippen molar-refractivity contribution in [3.8, 4) is 0 Å². The number of Topliss-reactive ketones (excluding diaryl/α,β-unsaturated/α-hetero) is 1. The normalized spacial score (nSPS) is 21.5. The molecule has 1 aliphatic carbocycles. The highest BCUT2D eigenvalue weighted by atomic mass is 16.5. The summed E-state index contributed by atoms with van der Waals surface area (Å²) in [4.78, 5) is 21.5. The highest BCUT2D eigenvalue weighted by molar-refractivity contribution is 5.98. The molecule has 0 bridgehead atoms. The van der Waals surface area contributed by atoms with Crippen molar-refractivity contribution >= 4 is 11.8 Å². The zero-order chi connectivity index (χ0) is 9.84. The molecule has 4 nitrogen and oxygen atoms in total. The van der Waals surface area contributed by atoms with Crippen molar-refractivity contribution in [2.75, 3.05) is 6.61 Å². The van der Waals surface area contributed by atoms with Crippen LogP contribution >= 0.6 is 0 Å². The molecule has 0 aromatic carbocycles. The second-order valence-corrected chi connectivity index (χ2v) is 2.98. The number of ether oxygens (including phenoxy) is 1. The van der Waals surface area contributed by atoms with Gasteiger partial charge in [-0.3, -0.25) is 9.59 Å². The lowest BCUT2D eigenvalue weighted by Gasteiger charge is -2.00. The number of hydrogen-bond donors (Lipinski definition) is 1. The fourth-order valence-corrected chi connectivity index (χ4v) is 1.23. The van der Waals surface area contributed by atoms with Gasteiger partial charge in [-0.05, 0) is 11.6 Å². The highest BCUT2D eigenvalue weighted by Crippen LogP contribution is 2.17. The molecule has 0 heterocycles. The first kappa shape index (κ1) is 9.92. The van der Waals surface area contributed by atoms with E-state index in [4.69, 9.17) is 5.11 Å². The number of rotatable bonds is 3. The van der Waals surface area contributed by atoms with Crippen molar-refractivity contribution < 1.29 is 19.4 Å². The van der Waals surface area contributed by atoms with Crippen LogP contribution in [0.2, 0.25) is 0 Å². The number of ketones is 1. The molecule has 1 atom stereocenters. The third kappa shape index (κ3) is 2.99. The maximum atomic E-state index is 11.1. The summed E-state index contributed by atoms with van der Waals surface area (Å²) >= 11 is 0. The van der Waals surface area contributed by atoms with Gasteiger partial charge in [0.15, 0.2) is 5.78 Å². The minimum atomic E-state index is -0.653. The number of carbonyl (C=O) groups excluding carboxylic acids is 2. The Morgan fingerprint density at radius 1 is 1.77 bits per heavy atom. The molecule has 13 heavy (non-hydrogen) atoms. The molecule has 0 aliphatic heterocycles. The van der Waals surface area contributed by atoms with Crippen molar-refractivity contribution in [2.24, 2.45) is 0 Å². The summed E-state index contributed by atoms with van der Waals surface area (Å²) in [6.45, 7) is 1.53. The lowest BCUT2D eigenvalue weighted by Crippen LogP contribution is -2.05. The van der Waals surface area contributed by atoms with Gasteiger partial charge in [0.05, 0.1) is 12.7 Å². The number of aliphatic hydroxyl groups excluding tert-OH is 1. The molecule has 0 radical (unpaired) electrons. The Kier molecular flexibility index (Phi) is 3.19. The Labute approximate surface area is 76.2 Å². The molecule has 0 unspecified atom stereocenters. The van der Waals surface area contributed by atoms with Crippen molar-refractivity contribution in [1.82, 2.24) is 0 Å². The van der Waals surface area contributed by atoms with Crippen LogP contribution in [0.25, 0.3) is 0 Å². The first-order valence-corrected chi connectivity index (χ1v) is 4.15. The molecule has 0 saturated carbocycles. The van der Waals surface area contributed by atoms with E-state index in [1.165, 1.54) is 13.0 Å². The van der Waals surface area contributed by atoms with Gasteiger partial charge in [-0.25, -0.2) is 0 Å². The number of esters is 1. The summed E-state index contributed by atoms with van der Waals surface area (Å²) in [5.74, 6) is -0.411. The van der Waals surface area contributed by atoms with Crippen LogP contribution in [-0.2, 0) is 14.3 Å². The molecular weight excluding hydrogens is 172 g/mol. The highest BCUT2D eigenvalue weighted by Gasteiger charge is 2.21. The summed E-state index contributed by atoms with van der Waals surface area (Å²) in [6, 6.07) is 0. The predicted octanol–water partition coefficient (Wildman–Crippen LogP) is 0.200. The third-order valence-corrected chi connectivity index (χ3v) is 1.82. The van der Waals surface area contributed by atoms with E-state index in [2.05, 4.69) is 4.74 Å². The maximum absolute atomic E-state index is 11.1. The Morgan fingerprint density at radius 3 is 2.92 bits per heavy atom. The lowest BCUT2D eigenvalue weighted by molar-refractivity contribution is -0.141. The van der Waals surface area contributed by atoms with Crippen LogP contribution in [0.4, 0.5) is 0 Å². The minimum absolute atomic E-state index is 0.0559. The zero-order valence-corrected chi connectivity index (χ0v) is 7.45. The average Bonchev–Trinajstić information content (AvgIpc) is 2.29. The maximum Gasteiger partial charge on any atom is 0.302 e. The van der Waals surface area contributed by atoms with Crippen LogP contribution in [0.1, 0.15) is 19.8 Å². The quantitative estimate of drug-likeness (QED) is 0.636. The second-order valence-electron chi connectivity index (χ2n) is 2.98. The van der Waals surface area contributed by atoms with E-state index in [0.717, 1.165) is 0 Å². The molecule has 72 valence electrons. The van der Waals surface area contributed by atoms with E-state index in [9.17, 15) is 9.59 Å². The van der Waals surface area contributed by atoms with Gasteiger partial charge < -0.3 is 9.84 Å². The largest absolute Gasteiger partial charge is 0.466 e. The zero-order valence-electron chi connectivity index (χ0n) is 7.45. The molecule has 0 fully saturated rings. The molecule has 0 spiro atoms. The minimum Gasteiger partial charge on any atom is -0.466 e. The predicted molar refractivity (Wildman–Crippen MR) is 45.0 cm³/mol. The Bertz CT molecular complexity index is 254. The van der Waals surface area contributed by atoms with Gasteiger partial charge in [0.25, 0.3) is 0 Å². The summed E-state index contributed by atoms with van der Waals surface area (Å²) in [5, 5.41) is 9.07. The molecular formula is C9H12O4. The molecule has 1 rings (SSSR count). The Morgan fingerprint density at radius 2 is 2.46 bits per heavy atom. The van der Waals surface area contributed by atoms with Gasteiger partial charge in [-0.1, -0.05) is 0 Å². The fourth-order valence-electron chi connectivity index (χ4n) is 1.23. The van der Waals surface area contributed by atoms with Gasteiger partial charge in [0.2, 0.25) is 0 Å². The SMILES string of the molecule is CC(=O)OCCC1=C[C@@H](O)CC1=O. The molecule has 0 amide bonds. The van der Waals surface area contributed by atoms with Crippen LogP contribution < -0.4 is 0 Å². The van der Waals surface area contributed by atoms with Crippen LogP contribution in [-0.4, -0.2) is 29.6 Å². The fraction of sp³-hybridized carbons (Fsp3) is 0.556. The van der Waals surface area contributed by atoms with Gasteiger partial charge in [0, 0.05) is 19.8 Å². The smallest absolute Gasteiger partial charge is 0.302 e. The summed E-state index contributed by atoms with van der Waals surface area (Å²) in [5.41, 5.74) is 0.564. The number of hydrogen-bond acceptors (Lipinski definition) is 4. The first-order valence-electron chi connectivity index (χ1n) is 4.15. The Hall–Kier alpha value is -1.16. The molecule has 1 N–H and O–H groups in total. The lowest BCUT2D eigenvalue weighted by atomic mass is 10.1. The van der Waals surface area contributed by atoms with Crippen LogP contribution in [0.15, 0.2) is 11.6 Å². The average molecular weight is 184 g/mol. The standard InChI is InChI=1S/C9H12O4/c1-6(10)13-3-2-7-4-8(11)5-9(7)12/h4,8,11H,2-3,5H2,1H3/t8-/m1/s1. The number of aliphatic hydroxyl groups is 1.